The summed E-state index contributed by atoms with van der Waals surface area (Å²) in [4.78, 5) is 22.8. The van der Waals surface area contributed by atoms with E-state index in [1.807, 2.05) is 30.3 Å². The first-order valence-corrected chi connectivity index (χ1v) is 8.81. The van der Waals surface area contributed by atoms with E-state index in [4.69, 9.17) is 0 Å². The predicted molar refractivity (Wildman–Crippen MR) is 91.1 cm³/mol. The zero-order valence-electron chi connectivity index (χ0n) is 11.5. The Kier molecular flexibility index (Phi) is 7.90. The molecular formula is C14H15Br3O4. The van der Waals surface area contributed by atoms with E-state index in [9.17, 15) is 9.59 Å². The number of methoxy groups -OCH3 is 2. The molecule has 1 aromatic carbocycles. The van der Waals surface area contributed by atoms with Crippen LogP contribution in [0, 0.1) is 5.92 Å². The number of benzene rings is 1. The van der Waals surface area contributed by atoms with Crippen LogP contribution in [0.25, 0.3) is 0 Å². The summed E-state index contributed by atoms with van der Waals surface area (Å²) in [6.07, 6.45) is 0. The molecule has 0 N–H and O–H groups in total. The van der Waals surface area contributed by atoms with Crippen LogP contribution in [0.5, 0.6) is 0 Å². The minimum atomic E-state index is -1.05. The zero-order chi connectivity index (χ0) is 16.0. The highest BCUT2D eigenvalue weighted by Gasteiger charge is 2.41. The second-order valence-corrected chi connectivity index (χ2v) is 7.33. The minimum absolute atomic E-state index is 0.0973. The smallest absolute Gasteiger partial charge is 0.321 e. The lowest BCUT2D eigenvalue weighted by molar-refractivity contribution is -0.158. The van der Waals surface area contributed by atoms with Gasteiger partial charge in [-0.05, 0) is 5.56 Å². The number of alkyl halides is 3. The molecule has 1 rings (SSSR count). The molecule has 3 atom stereocenters. The number of carbonyl (C=O) groups excluding carboxylic acids is 2. The highest BCUT2D eigenvalue weighted by atomic mass is 79.9. The molecule has 0 saturated heterocycles. The van der Waals surface area contributed by atoms with Crippen molar-refractivity contribution >= 4 is 59.7 Å². The number of ether oxygens (including phenoxy) is 2. The molecule has 4 nitrogen and oxygen atoms in total. The fourth-order valence-corrected chi connectivity index (χ4v) is 4.17. The van der Waals surface area contributed by atoms with Crippen LogP contribution in [-0.4, -0.2) is 35.8 Å². The molecule has 0 aliphatic rings. The second kappa shape index (κ2) is 8.90. The van der Waals surface area contributed by atoms with Crippen LogP contribution in [0.3, 0.4) is 0 Å². The molecule has 0 aliphatic carbocycles. The number of hydrogen-bond donors (Lipinski definition) is 0. The van der Waals surface area contributed by atoms with Crippen LogP contribution in [-0.2, 0) is 19.1 Å². The maximum Gasteiger partial charge on any atom is 0.321 e. The molecule has 0 aliphatic heterocycles. The average molecular weight is 487 g/mol. The highest BCUT2D eigenvalue weighted by molar-refractivity contribution is 9.13. The van der Waals surface area contributed by atoms with E-state index < -0.39 is 22.7 Å². The fourth-order valence-electron chi connectivity index (χ4n) is 1.78. The number of halogens is 3. The molecule has 0 radical (unpaired) electrons. The van der Waals surface area contributed by atoms with Gasteiger partial charge in [0, 0.05) is 4.83 Å². The lowest BCUT2D eigenvalue weighted by Crippen LogP contribution is -2.39. The summed E-state index contributed by atoms with van der Waals surface area (Å²) in [5, 5.41) is 0. The summed E-state index contributed by atoms with van der Waals surface area (Å²) in [7, 11) is 2.48. The standard InChI is InChI=1S/C14H15Br3O4/c1-20-13(18)9(14(19)21-2)11(16)12(17)10(15)8-6-4-3-5-7-8/h3-7,9-12H,1-2H3/t10-,11-,12-/m1/s1. The molecule has 0 amide bonds. The Hall–Kier alpha value is -0.400. The van der Waals surface area contributed by atoms with E-state index in [0.29, 0.717) is 0 Å². The van der Waals surface area contributed by atoms with Gasteiger partial charge in [0.15, 0.2) is 5.92 Å². The molecule has 0 heterocycles. The summed E-state index contributed by atoms with van der Waals surface area (Å²) in [6.45, 7) is 0. The normalized spacial score (nSPS) is 15.1. The van der Waals surface area contributed by atoms with Gasteiger partial charge in [0.1, 0.15) is 0 Å². The number of rotatable bonds is 6. The summed E-state index contributed by atoms with van der Waals surface area (Å²) in [5.74, 6) is -2.32. The first-order chi connectivity index (χ1) is 9.93. The summed E-state index contributed by atoms with van der Waals surface area (Å²) < 4.78 is 9.37. The van der Waals surface area contributed by atoms with Gasteiger partial charge in [0.25, 0.3) is 0 Å². The maximum atomic E-state index is 11.8. The van der Waals surface area contributed by atoms with Gasteiger partial charge in [-0.3, -0.25) is 9.59 Å². The summed E-state index contributed by atoms with van der Waals surface area (Å²) in [5.41, 5.74) is 1.03. The molecule has 116 valence electrons. The summed E-state index contributed by atoms with van der Waals surface area (Å²) in [6, 6.07) is 9.68. The van der Waals surface area contributed by atoms with Crippen molar-refractivity contribution in [2.75, 3.05) is 14.2 Å². The SMILES string of the molecule is COC(=O)C(C(=O)OC)[C@@H](Br)[C@H](Br)[C@H](Br)c1ccccc1. The van der Waals surface area contributed by atoms with Gasteiger partial charge in [-0.15, -0.1) is 0 Å². The molecule has 0 aromatic heterocycles. The number of carbonyl (C=O) groups is 2. The van der Waals surface area contributed by atoms with Gasteiger partial charge in [-0.2, -0.15) is 0 Å². The van der Waals surface area contributed by atoms with Crippen LogP contribution in [0.2, 0.25) is 0 Å². The molecular weight excluding hydrogens is 472 g/mol. The van der Waals surface area contributed by atoms with Crippen LogP contribution in [0.1, 0.15) is 10.4 Å². The van der Waals surface area contributed by atoms with Gasteiger partial charge < -0.3 is 9.47 Å². The highest BCUT2D eigenvalue weighted by Crippen LogP contribution is 2.38. The first kappa shape index (κ1) is 18.6. The molecule has 1 aromatic rings. The Bertz CT molecular complexity index is 464. The van der Waals surface area contributed by atoms with Crippen molar-refractivity contribution in [1.82, 2.24) is 0 Å². The second-order valence-electron chi connectivity index (χ2n) is 4.23. The van der Waals surface area contributed by atoms with E-state index in [1.54, 1.807) is 0 Å². The molecule has 0 bridgehead atoms. The van der Waals surface area contributed by atoms with Crippen molar-refractivity contribution in [1.29, 1.82) is 0 Å². The van der Waals surface area contributed by atoms with Gasteiger partial charge >= 0.3 is 11.9 Å². The number of esters is 2. The average Bonchev–Trinajstić information content (AvgIpc) is 2.53. The minimum Gasteiger partial charge on any atom is -0.468 e. The predicted octanol–water partition coefficient (Wildman–Crippen LogP) is 3.61. The Morgan fingerprint density at radius 1 is 0.905 bits per heavy atom. The van der Waals surface area contributed by atoms with Crippen LogP contribution < -0.4 is 0 Å². The van der Waals surface area contributed by atoms with Crippen molar-refractivity contribution in [3.63, 3.8) is 0 Å². The van der Waals surface area contributed by atoms with Gasteiger partial charge in [-0.25, -0.2) is 0 Å². The first-order valence-electron chi connectivity index (χ1n) is 6.06. The van der Waals surface area contributed by atoms with Crippen molar-refractivity contribution in [2.45, 2.75) is 14.5 Å². The summed E-state index contributed by atoms with van der Waals surface area (Å²) >= 11 is 10.5. The molecule has 7 heteroatoms. The Morgan fingerprint density at radius 2 is 1.38 bits per heavy atom. The van der Waals surface area contributed by atoms with Crippen LogP contribution >= 0.6 is 47.8 Å². The third-order valence-corrected chi connectivity index (χ3v) is 7.64. The van der Waals surface area contributed by atoms with E-state index in [-0.39, 0.29) is 9.65 Å². The number of hydrogen-bond acceptors (Lipinski definition) is 4. The van der Waals surface area contributed by atoms with E-state index >= 15 is 0 Å². The zero-order valence-corrected chi connectivity index (χ0v) is 16.2. The molecule has 0 fully saturated rings. The largest absolute Gasteiger partial charge is 0.468 e. The van der Waals surface area contributed by atoms with E-state index in [2.05, 4.69) is 57.3 Å². The van der Waals surface area contributed by atoms with E-state index in [0.717, 1.165) is 5.56 Å². The van der Waals surface area contributed by atoms with Crippen molar-refractivity contribution in [2.24, 2.45) is 5.92 Å². The van der Waals surface area contributed by atoms with E-state index in [1.165, 1.54) is 14.2 Å². The Morgan fingerprint density at radius 3 is 1.81 bits per heavy atom. The van der Waals surface area contributed by atoms with Crippen molar-refractivity contribution < 1.29 is 19.1 Å². The third-order valence-electron chi connectivity index (χ3n) is 2.93. The Balaban J connectivity index is 2.95. The molecule has 0 unspecified atom stereocenters. The quantitative estimate of drug-likeness (QED) is 0.350. The molecule has 0 spiro atoms. The lowest BCUT2D eigenvalue weighted by Gasteiger charge is -2.26. The fraction of sp³-hybridized carbons (Fsp3) is 0.429. The van der Waals surface area contributed by atoms with Crippen LogP contribution in [0.4, 0.5) is 0 Å². The molecule has 0 saturated carbocycles. The van der Waals surface area contributed by atoms with Crippen molar-refractivity contribution in [3.8, 4) is 0 Å². The van der Waals surface area contributed by atoms with Gasteiger partial charge in [-0.1, -0.05) is 78.1 Å². The Labute approximate surface area is 149 Å². The van der Waals surface area contributed by atoms with Gasteiger partial charge in [0.2, 0.25) is 0 Å². The topological polar surface area (TPSA) is 52.6 Å². The molecule has 21 heavy (non-hydrogen) atoms. The monoisotopic (exact) mass is 484 g/mol. The van der Waals surface area contributed by atoms with Crippen molar-refractivity contribution in [3.05, 3.63) is 35.9 Å². The lowest BCUT2D eigenvalue weighted by atomic mass is 9.99. The third kappa shape index (κ3) is 4.79. The van der Waals surface area contributed by atoms with Crippen LogP contribution in [0.15, 0.2) is 30.3 Å². The maximum absolute atomic E-state index is 11.8. The van der Waals surface area contributed by atoms with Gasteiger partial charge in [0.05, 0.1) is 23.9 Å².